The van der Waals surface area contributed by atoms with E-state index < -0.39 is 0 Å². The van der Waals surface area contributed by atoms with Gasteiger partial charge in [0.15, 0.2) is 11.5 Å². The monoisotopic (exact) mass is 290 g/mol. The number of hydrogen-bond acceptors (Lipinski definition) is 4. The number of hydrazine groups is 1. The Bertz CT molecular complexity index is 482. The molecule has 1 saturated carbocycles. The van der Waals surface area contributed by atoms with Crippen molar-refractivity contribution in [3.8, 4) is 11.5 Å². The van der Waals surface area contributed by atoms with E-state index in [4.69, 9.17) is 15.3 Å². The van der Waals surface area contributed by atoms with E-state index >= 15 is 0 Å². The number of rotatable bonds is 3. The van der Waals surface area contributed by atoms with Crippen LogP contribution in [0.25, 0.3) is 0 Å². The fourth-order valence-corrected chi connectivity index (χ4v) is 4.10. The maximum Gasteiger partial charge on any atom is 0.166 e. The van der Waals surface area contributed by atoms with Crippen LogP contribution >= 0.6 is 0 Å². The van der Waals surface area contributed by atoms with Crippen molar-refractivity contribution in [1.82, 2.24) is 5.43 Å². The van der Waals surface area contributed by atoms with Gasteiger partial charge in [0, 0.05) is 5.56 Å². The van der Waals surface area contributed by atoms with Crippen LogP contribution in [0.4, 0.5) is 0 Å². The van der Waals surface area contributed by atoms with Gasteiger partial charge in [0.05, 0.1) is 6.04 Å². The molecular weight excluding hydrogens is 264 g/mol. The second-order valence-electron chi connectivity index (χ2n) is 6.69. The Morgan fingerprint density at radius 2 is 1.81 bits per heavy atom. The fourth-order valence-electron chi connectivity index (χ4n) is 4.10. The van der Waals surface area contributed by atoms with Crippen molar-refractivity contribution >= 4 is 0 Å². The second kappa shape index (κ2) is 6.24. The highest BCUT2D eigenvalue weighted by molar-refractivity contribution is 5.49. The van der Waals surface area contributed by atoms with Crippen LogP contribution in [-0.2, 0) is 0 Å². The molecule has 0 aromatic heterocycles. The average molecular weight is 290 g/mol. The third-order valence-corrected chi connectivity index (χ3v) is 4.80. The Kier molecular flexibility index (Phi) is 4.36. The minimum Gasteiger partial charge on any atom is -0.486 e. The summed E-state index contributed by atoms with van der Waals surface area (Å²) in [4.78, 5) is 0. The molecule has 116 valence electrons. The highest BCUT2D eigenvalue weighted by atomic mass is 16.6. The SMILES string of the molecule is CC1CC(C)CC(C(NN)c2cccc3c2OCCO3)C1. The van der Waals surface area contributed by atoms with Crippen molar-refractivity contribution < 1.29 is 9.47 Å². The number of hydrogen-bond donors (Lipinski definition) is 2. The van der Waals surface area contributed by atoms with Gasteiger partial charge in [0.1, 0.15) is 13.2 Å². The summed E-state index contributed by atoms with van der Waals surface area (Å²) in [5, 5.41) is 0. The van der Waals surface area contributed by atoms with Crippen LogP contribution in [0.1, 0.15) is 44.7 Å². The molecule has 1 aromatic carbocycles. The van der Waals surface area contributed by atoms with Gasteiger partial charge >= 0.3 is 0 Å². The zero-order chi connectivity index (χ0) is 14.8. The van der Waals surface area contributed by atoms with E-state index in [-0.39, 0.29) is 6.04 Å². The van der Waals surface area contributed by atoms with Gasteiger partial charge in [0.25, 0.3) is 0 Å². The molecule has 1 fully saturated rings. The predicted molar refractivity (Wildman–Crippen MR) is 83.2 cm³/mol. The number of ether oxygens (including phenoxy) is 2. The first-order valence-electron chi connectivity index (χ1n) is 8.03. The van der Waals surface area contributed by atoms with Gasteiger partial charge in [-0.05, 0) is 43.1 Å². The maximum absolute atomic E-state index is 5.91. The molecule has 0 spiro atoms. The summed E-state index contributed by atoms with van der Waals surface area (Å²) in [5.74, 6) is 9.69. The lowest BCUT2D eigenvalue weighted by atomic mass is 9.72. The normalized spacial score (nSPS) is 30.0. The molecule has 3 rings (SSSR count). The summed E-state index contributed by atoms with van der Waals surface area (Å²) >= 11 is 0. The van der Waals surface area contributed by atoms with E-state index in [9.17, 15) is 0 Å². The van der Waals surface area contributed by atoms with Crippen molar-refractivity contribution in [3.63, 3.8) is 0 Å². The van der Waals surface area contributed by atoms with Crippen LogP contribution < -0.4 is 20.7 Å². The first-order valence-corrected chi connectivity index (χ1v) is 8.03. The molecule has 4 nitrogen and oxygen atoms in total. The van der Waals surface area contributed by atoms with Crippen molar-refractivity contribution in [2.75, 3.05) is 13.2 Å². The van der Waals surface area contributed by atoms with E-state index in [0.717, 1.165) is 28.9 Å². The van der Waals surface area contributed by atoms with Gasteiger partial charge in [0.2, 0.25) is 0 Å². The molecule has 0 saturated heterocycles. The van der Waals surface area contributed by atoms with Crippen LogP contribution in [0.5, 0.6) is 11.5 Å². The van der Waals surface area contributed by atoms with Crippen LogP contribution in [-0.4, -0.2) is 13.2 Å². The van der Waals surface area contributed by atoms with Gasteiger partial charge in [-0.1, -0.05) is 26.0 Å². The molecule has 0 amide bonds. The lowest BCUT2D eigenvalue weighted by molar-refractivity contribution is 0.155. The lowest BCUT2D eigenvalue weighted by Gasteiger charge is -2.37. The summed E-state index contributed by atoms with van der Waals surface area (Å²) in [5.41, 5.74) is 4.18. The summed E-state index contributed by atoms with van der Waals surface area (Å²) in [6, 6.07) is 6.24. The van der Waals surface area contributed by atoms with Crippen LogP contribution in [0.15, 0.2) is 18.2 Å². The maximum atomic E-state index is 5.91. The molecule has 1 heterocycles. The largest absolute Gasteiger partial charge is 0.486 e. The molecule has 1 aliphatic heterocycles. The lowest BCUT2D eigenvalue weighted by Crippen LogP contribution is -2.37. The van der Waals surface area contributed by atoms with Gasteiger partial charge in [-0.25, -0.2) is 0 Å². The Balaban J connectivity index is 1.89. The Hall–Kier alpha value is -1.26. The van der Waals surface area contributed by atoms with Crippen LogP contribution in [0, 0.1) is 17.8 Å². The van der Waals surface area contributed by atoms with Crippen molar-refractivity contribution in [3.05, 3.63) is 23.8 Å². The number of para-hydroxylation sites is 1. The zero-order valence-electron chi connectivity index (χ0n) is 13.0. The molecule has 21 heavy (non-hydrogen) atoms. The topological polar surface area (TPSA) is 56.5 Å². The third-order valence-electron chi connectivity index (χ3n) is 4.80. The molecule has 3 N–H and O–H groups in total. The first-order chi connectivity index (χ1) is 10.2. The number of nitrogens with one attached hydrogen (secondary N) is 1. The summed E-state index contributed by atoms with van der Waals surface area (Å²) in [7, 11) is 0. The van der Waals surface area contributed by atoms with Gasteiger partial charge in [-0.2, -0.15) is 0 Å². The highest BCUT2D eigenvalue weighted by Crippen LogP contribution is 2.44. The molecule has 2 aliphatic rings. The molecule has 0 radical (unpaired) electrons. The summed E-state index contributed by atoms with van der Waals surface area (Å²) < 4.78 is 11.6. The van der Waals surface area contributed by atoms with Gasteiger partial charge < -0.3 is 9.47 Å². The fraction of sp³-hybridized carbons (Fsp3) is 0.647. The molecule has 1 aromatic rings. The third kappa shape index (κ3) is 3.01. The molecule has 0 bridgehead atoms. The summed E-state index contributed by atoms with van der Waals surface area (Å²) in [6.07, 6.45) is 3.74. The van der Waals surface area contributed by atoms with Gasteiger partial charge in [-0.3, -0.25) is 11.3 Å². The minimum absolute atomic E-state index is 0.131. The number of fused-ring (bicyclic) bond motifs is 1. The van der Waals surface area contributed by atoms with E-state index in [0.29, 0.717) is 19.1 Å². The molecule has 3 atom stereocenters. The average Bonchev–Trinajstić information content (AvgIpc) is 2.47. The number of benzene rings is 1. The van der Waals surface area contributed by atoms with Crippen molar-refractivity contribution in [1.29, 1.82) is 0 Å². The predicted octanol–water partition coefficient (Wildman–Crippen LogP) is 3.03. The standard InChI is InChI=1S/C17H26N2O2/c1-11-8-12(2)10-13(9-11)16(19-18)14-4-3-5-15-17(14)21-7-6-20-15/h3-5,11-13,16,19H,6-10,18H2,1-2H3. The second-order valence-corrected chi connectivity index (χ2v) is 6.69. The van der Waals surface area contributed by atoms with E-state index in [1.165, 1.54) is 19.3 Å². The molecular formula is C17H26N2O2. The Labute approximate surface area is 127 Å². The Morgan fingerprint density at radius 3 is 2.52 bits per heavy atom. The zero-order valence-corrected chi connectivity index (χ0v) is 13.0. The number of nitrogens with two attached hydrogens (primary N) is 1. The van der Waals surface area contributed by atoms with E-state index in [1.807, 2.05) is 12.1 Å². The highest BCUT2D eigenvalue weighted by Gasteiger charge is 2.33. The van der Waals surface area contributed by atoms with Crippen molar-refractivity contribution in [2.45, 2.75) is 39.2 Å². The van der Waals surface area contributed by atoms with E-state index in [1.54, 1.807) is 0 Å². The van der Waals surface area contributed by atoms with Crippen molar-refractivity contribution in [2.24, 2.45) is 23.6 Å². The summed E-state index contributed by atoms with van der Waals surface area (Å²) in [6.45, 7) is 5.92. The smallest absolute Gasteiger partial charge is 0.166 e. The van der Waals surface area contributed by atoms with Crippen LogP contribution in [0.2, 0.25) is 0 Å². The molecule has 3 unspecified atom stereocenters. The quantitative estimate of drug-likeness (QED) is 0.663. The Morgan fingerprint density at radius 1 is 1.10 bits per heavy atom. The van der Waals surface area contributed by atoms with E-state index in [2.05, 4.69) is 25.3 Å². The minimum atomic E-state index is 0.131. The van der Waals surface area contributed by atoms with Crippen LogP contribution in [0.3, 0.4) is 0 Å². The molecule has 1 aliphatic carbocycles. The first kappa shape index (κ1) is 14.7. The van der Waals surface area contributed by atoms with Gasteiger partial charge in [-0.15, -0.1) is 0 Å². The molecule has 4 heteroatoms.